The summed E-state index contributed by atoms with van der Waals surface area (Å²) in [5.41, 5.74) is -0.172. The first-order valence-corrected chi connectivity index (χ1v) is 7.38. The molecule has 9 heteroatoms. The van der Waals surface area contributed by atoms with Crippen LogP contribution in [0.1, 0.15) is 5.56 Å². The normalized spacial score (nSPS) is 11.9. The maximum absolute atomic E-state index is 12.7. The van der Waals surface area contributed by atoms with Crippen molar-refractivity contribution in [3.8, 4) is 22.9 Å². The van der Waals surface area contributed by atoms with Crippen molar-refractivity contribution in [1.29, 1.82) is 0 Å². The summed E-state index contributed by atoms with van der Waals surface area (Å²) in [5.74, 6) is 0.0695. The molecule has 0 fully saturated rings. The van der Waals surface area contributed by atoms with Crippen LogP contribution >= 0.6 is 34.5 Å². The molecule has 2 aromatic heterocycles. The highest BCUT2D eigenvalue weighted by Gasteiger charge is 2.31. The van der Waals surface area contributed by atoms with E-state index >= 15 is 0 Å². The molecular formula is C13H5Cl2F3N2OS. The van der Waals surface area contributed by atoms with Gasteiger partial charge in [-0.15, -0.1) is 21.5 Å². The van der Waals surface area contributed by atoms with Gasteiger partial charge in [-0.3, -0.25) is 0 Å². The van der Waals surface area contributed by atoms with Gasteiger partial charge in [0.25, 0.3) is 5.89 Å². The predicted molar refractivity (Wildman–Crippen MR) is 78.1 cm³/mol. The minimum Gasteiger partial charge on any atom is -0.416 e. The maximum Gasteiger partial charge on any atom is 0.416 e. The maximum atomic E-state index is 12.7. The third-order valence-electron chi connectivity index (χ3n) is 2.75. The van der Waals surface area contributed by atoms with Gasteiger partial charge in [0.2, 0.25) is 5.89 Å². The van der Waals surface area contributed by atoms with Gasteiger partial charge in [0.1, 0.15) is 4.34 Å². The standard InChI is InChI=1S/C13H5Cl2F3N2OS/c14-9-5-8(10(15)22-9)12-20-19-11(21-12)6-2-1-3-7(4-6)13(16,17)18/h1-5H. The van der Waals surface area contributed by atoms with E-state index in [2.05, 4.69) is 10.2 Å². The molecule has 0 N–H and O–H groups in total. The zero-order valence-electron chi connectivity index (χ0n) is 10.5. The van der Waals surface area contributed by atoms with E-state index in [9.17, 15) is 13.2 Å². The monoisotopic (exact) mass is 364 g/mol. The quantitative estimate of drug-likeness (QED) is 0.577. The molecule has 3 rings (SSSR count). The Labute approximate surface area is 136 Å². The molecule has 0 spiro atoms. The average Bonchev–Trinajstić information content (AvgIpc) is 3.04. The van der Waals surface area contributed by atoms with Crippen LogP contribution in [0.15, 0.2) is 34.7 Å². The van der Waals surface area contributed by atoms with Crippen LogP contribution in [0, 0.1) is 0 Å². The smallest absolute Gasteiger partial charge is 0.416 e. The number of rotatable bonds is 2. The Kier molecular flexibility index (Phi) is 3.88. The lowest BCUT2D eigenvalue weighted by Gasteiger charge is -2.06. The summed E-state index contributed by atoms with van der Waals surface area (Å²) in [6, 6.07) is 6.19. The molecule has 0 aliphatic carbocycles. The van der Waals surface area contributed by atoms with Crippen molar-refractivity contribution in [2.75, 3.05) is 0 Å². The van der Waals surface area contributed by atoms with Gasteiger partial charge in [-0.2, -0.15) is 13.2 Å². The van der Waals surface area contributed by atoms with Crippen LogP contribution < -0.4 is 0 Å². The van der Waals surface area contributed by atoms with Crippen molar-refractivity contribution >= 4 is 34.5 Å². The van der Waals surface area contributed by atoms with Gasteiger partial charge >= 0.3 is 6.18 Å². The third-order valence-corrected chi connectivity index (χ3v) is 4.24. The van der Waals surface area contributed by atoms with E-state index in [-0.39, 0.29) is 17.3 Å². The van der Waals surface area contributed by atoms with Gasteiger partial charge < -0.3 is 4.42 Å². The summed E-state index contributed by atoms with van der Waals surface area (Å²) in [6.45, 7) is 0. The van der Waals surface area contributed by atoms with Crippen molar-refractivity contribution in [1.82, 2.24) is 10.2 Å². The van der Waals surface area contributed by atoms with Gasteiger partial charge in [0, 0.05) is 5.56 Å². The molecule has 0 amide bonds. The molecule has 0 aliphatic rings. The number of benzene rings is 1. The minimum absolute atomic E-state index is 0.0283. The van der Waals surface area contributed by atoms with Crippen molar-refractivity contribution in [2.24, 2.45) is 0 Å². The number of hydrogen-bond acceptors (Lipinski definition) is 4. The Balaban J connectivity index is 1.99. The Morgan fingerprint density at radius 1 is 1.05 bits per heavy atom. The minimum atomic E-state index is -4.44. The molecule has 0 bridgehead atoms. The zero-order chi connectivity index (χ0) is 15.9. The van der Waals surface area contributed by atoms with Crippen LogP contribution in [-0.4, -0.2) is 10.2 Å². The van der Waals surface area contributed by atoms with Crippen LogP contribution in [0.2, 0.25) is 8.67 Å². The van der Waals surface area contributed by atoms with Crippen LogP contribution in [0.25, 0.3) is 22.9 Å². The highest BCUT2D eigenvalue weighted by atomic mass is 35.5. The second-order valence-corrected chi connectivity index (χ2v) is 6.51. The van der Waals surface area contributed by atoms with Crippen LogP contribution in [0.5, 0.6) is 0 Å². The topological polar surface area (TPSA) is 38.9 Å². The number of alkyl halides is 3. The predicted octanol–water partition coefficient (Wildman–Crippen LogP) is 5.79. The van der Waals surface area contributed by atoms with E-state index < -0.39 is 11.7 Å². The van der Waals surface area contributed by atoms with Crippen LogP contribution in [0.3, 0.4) is 0 Å². The van der Waals surface area contributed by atoms with E-state index in [0.29, 0.717) is 14.2 Å². The molecule has 0 unspecified atom stereocenters. The molecule has 3 nitrogen and oxygen atoms in total. The first-order chi connectivity index (χ1) is 10.3. The average molecular weight is 365 g/mol. The Bertz CT molecular complexity index is 829. The molecule has 0 saturated heterocycles. The van der Waals surface area contributed by atoms with Gasteiger partial charge in [-0.05, 0) is 24.3 Å². The molecule has 0 radical (unpaired) electrons. The van der Waals surface area contributed by atoms with Gasteiger partial charge in [-0.1, -0.05) is 29.3 Å². The van der Waals surface area contributed by atoms with E-state index in [1.165, 1.54) is 12.1 Å². The lowest BCUT2D eigenvalue weighted by molar-refractivity contribution is -0.137. The highest BCUT2D eigenvalue weighted by Crippen LogP contribution is 2.38. The van der Waals surface area contributed by atoms with E-state index in [1.807, 2.05) is 0 Å². The lowest BCUT2D eigenvalue weighted by atomic mass is 10.1. The largest absolute Gasteiger partial charge is 0.416 e. The highest BCUT2D eigenvalue weighted by molar-refractivity contribution is 7.20. The second kappa shape index (κ2) is 5.57. The fourth-order valence-corrected chi connectivity index (χ4v) is 3.21. The van der Waals surface area contributed by atoms with Gasteiger partial charge in [0.15, 0.2) is 0 Å². The molecule has 0 aliphatic heterocycles. The number of nitrogens with zero attached hydrogens (tertiary/aromatic N) is 2. The summed E-state index contributed by atoms with van der Waals surface area (Å²) in [4.78, 5) is 0. The fourth-order valence-electron chi connectivity index (χ4n) is 1.76. The van der Waals surface area contributed by atoms with E-state index in [1.54, 1.807) is 6.07 Å². The summed E-state index contributed by atoms with van der Waals surface area (Å²) < 4.78 is 44.3. The summed E-state index contributed by atoms with van der Waals surface area (Å²) >= 11 is 12.9. The molecule has 1 aromatic carbocycles. The number of thiophene rings is 1. The van der Waals surface area contributed by atoms with E-state index in [0.717, 1.165) is 23.5 Å². The third kappa shape index (κ3) is 2.97. The molecular weight excluding hydrogens is 360 g/mol. The molecule has 3 aromatic rings. The lowest BCUT2D eigenvalue weighted by Crippen LogP contribution is -2.04. The first-order valence-electron chi connectivity index (χ1n) is 5.81. The molecule has 0 saturated carbocycles. The second-order valence-electron chi connectivity index (χ2n) is 4.23. The molecule has 2 heterocycles. The summed E-state index contributed by atoms with van der Waals surface area (Å²) in [6.07, 6.45) is -4.44. The van der Waals surface area contributed by atoms with Crippen molar-refractivity contribution in [3.05, 3.63) is 44.6 Å². The molecule has 114 valence electrons. The number of aromatic nitrogens is 2. The Hall–Kier alpha value is -1.57. The van der Waals surface area contributed by atoms with Crippen molar-refractivity contribution in [3.63, 3.8) is 0 Å². The summed E-state index contributed by atoms with van der Waals surface area (Å²) in [5, 5.41) is 7.55. The van der Waals surface area contributed by atoms with Crippen LogP contribution in [-0.2, 0) is 6.18 Å². The Morgan fingerprint density at radius 2 is 1.77 bits per heavy atom. The van der Waals surface area contributed by atoms with Crippen molar-refractivity contribution in [2.45, 2.75) is 6.18 Å². The SMILES string of the molecule is FC(F)(F)c1cccc(-c2nnc(-c3cc(Cl)sc3Cl)o2)c1. The molecule has 0 atom stereocenters. The van der Waals surface area contributed by atoms with Crippen molar-refractivity contribution < 1.29 is 17.6 Å². The first kappa shape index (κ1) is 15.3. The Morgan fingerprint density at radius 3 is 2.41 bits per heavy atom. The number of hydrogen-bond donors (Lipinski definition) is 0. The number of halogens is 5. The van der Waals surface area contributed by atoms with Gasteiger partial charge in [0.05, 0.1) is 15.5 Å². The fraction of sp³-hybridized carbons (Fsp3) is 0.0769. The zero-order valence-corrected chi connectivity index (χ0v) is 12.8. The van der Waals surface area contributed by atoms with Gasteiger partial charge in [-0.25, -0.2) is 0 Å². The van der Waals surface area contributed by atoms with E-state index in [4.69, 9.17) is 27.6 Å². The summed E-state index contributed by atoms with van der Waals surface area (Å²) in [7, 11) is 0. The molecule has 22 heavy (non-hydrogen) atoms. The van der Waals surface area contributed by atoms with Crippen LogP contribution in [0.4, 0.5) is 13.2 Å².